The van der Waals surface area contributed by atoms with Gasteiger partial charge in [0.05, 0.1) is 5.75 Å². The topological polar surface area (TPSA) is 125 Å². The SMILES string of the molecule is Nc1ccc(OCC(=O)NCCCS(N)(=O)=O)cc1. The van der Waals surface area contributed by atoms with Crippen molar-refractivity contribution in [1.82, 2.24) is 5.32 Å². The van der Waals surface area contributed by atoms with Gasteiger partial charge in [0.1, 0.15) is 5.75 Å². The molecule has 0 aliphatic heterocycles. The van der Waals surface area contributed by atoms with Crippen LogP contribution in [-0.2, 0) is 14.8 Å². The molecule has 7 nitrogen and oxygen atoms in total. The van der Waals surface area contributed by atoms with Crippen molar-refractivity contribution < 1.29 is 17.9 Å². The smallest absolute Gasteiger partial charge is 0.257 e. The predicted octanol–water partition coefficient (Wildman–Crippen LogP) is -0.558. The maximum Gasteiger partial charge on any atom is 0.257 e. The van der Waals surface area contributed by atoms with Crippen molar-refractivity contribution >= 4 is 21.6 Å². The molecule has 106 valence electrons. The van der Waals surface area contributed by atoms with Gasteiger partial charge in [-0.25, -0.2) is 13.6 Å². The molecule has 0 radical (unpaired) electrons. The molecule has 1 rings (SSSR count). The minimum absolute atomic E-state index is 0.140. The van der Waals surface area contributed by atoms with Gasteiger partial charge in [-0.05, 0) is 30.7 Å². The molecule has 1 amide bonds. The molecule has 0 bridgehead atoms. The summed E-state index contributed by atoms with van der Waals surface area (Å²) in [6.07, 6.45) is 0.270. The minimum Gasteiger partial charge on any atom is -0.484 e. The van der Waals surface area contributed by atoms with E-state index in [4.69, 9.17) is 15.6 Å². The van der Waals surface area contributed by atoms with E-state index in [1.54, 1.807) is 24.3 Å². The Hall–Kier alpha value is -1.80. The number of primary sulfonamides is 1. The average Bonchev–Trinajstić information content (AvgIpc) is 2.33. The maximum absolute atomic E-state index is 11.4. The first kappa shape index (κ1) is 15.3. The van der Waals surface area contributed by atoms with E-state index < -0.39 is 10.0 Å². The van der Waals surface area contributed by atoms with Crippen LogP contribution in [0, 0.1) is 0 Å². The number of hydrogen-bond donors (Lipinski definition) is 3. The fourth-order valence-corrected chi connectivity index (χ4v) is 1.81. The lowest BCUT2D eigenvalue weighted by atomic mass is 10.3. The molecule has 5 N–H and O–H groups in total. The molecule has 19 heavy (non-hydrogen) atoms. The van der Waals surface area contributed by atoms with Gasteiger partial charge in [-0.1, -0.05) is 0 Å². The number of benzene rings is 1. The zero-order chi connectivity index (χ0) is 14.3. The minimum atomic E-state index is -3.48. The Bertz CT molecular complexity index is 513. The van der Waals surface area contributed by atoms with Gasteiger partial charge < -0.3 is 15.8 Å². The fourth-order valence-electron chi connectivity index (χ4n) is 1.27. The van der Waals surface area contributed by atoms with E-state index >= 15 is 0 Å². The number of anilines is 1. The Kier molecular flexibility index (Phi) is 5.58. The van der Waals surface area contributed by atoms with E-state index in [9.17, 15) is 13.2 Å². The maximum atomic E-state index is 11.4. The van der Waals surface area contributed by atoms with Gasteiger partial charge in [-0.2, -0.15) is 0 Å². The van der Waals surface area contributed by atoms with Crippen molar-refractivity contribution in [2.45, 2.75) is 6.42 Å². The number of nitrogens with one attached hydrogen (secondary N) is 1. The molecule has 0 heterocycles. The summed E-state index contributed by atoms with van der Waals surface area (Å²) in [5.41, 5.74) is 6.12. The molecule has 1 aromatic rings. The van der Waals surface area contributed by atoms with E-state index in [2.05, 4.69) is 5.32 Å². The summed E-state index contributed by atoms with van der Waals surface area (Å²) in [5, 5.41) is 7.35. The Morgan fingerprint density at radius 3 is 2.47 bits per heavy atom. The van der Waals surface area contributed by atoms with Gasteiger partial charge in [-0.15, -0.1) is 0 Å². The molecule has 0 aliphatic rings. The summed E-state index contributed by atoms with van der Waals surface area (Å²) in [5.74, 6) is 0.0478. The summed E-state index contributed by atoms with van der Waals surface area (Å²) >= 11 is 0. The van der Waals surface area contributed by atoms with Crippen LogP contribution in [0.5, 0.6) is 5.75 Å². The first-order chi connectivity index (χ1) is 8.87. The number of nitrogen functional groups attached to an aromatic ring is 1. The third-order valence-corrected chi connectivity index (χ3v) is 3.04. The average molecular weight is 287 g/mol. The van der Waals surface area contributed by atoms with Crippen molar-refractivity contribution in [3.63, 3.8) is 0 Å². The molecule has 0 unspecified atom stereocenters. The Balaban J connectivity index is 2.19. The summed E-state index contributed by atoms with van der Waals surface area (Å²) < 4.78 is 26.5. The van der Waals surface area contributed by atoms with E-state index in [-0.39, 0.29) is 31.2 Å². The van der Waals surface area contributed by atoms with Crippen LogP contribution in [0.4, 0.5) is 5.69 Å². The molecule has 0 aliphatic carbocycles. The quantitative estimate of drug-likeness (QED) is 0.458. The Labute approximate surface area is 112 Å². The monoisotopic (exact) mass is 287 g/mol. The van der Waals surface area contributed by atoms with Crippen molar-refractivity contribution in [1.29, 1.82) is 0 Å². The van der Waals surface area contributed by atoms with Crippen molar-refractivity contribution in [3.8, 4) is 5.75 Å². The number of sulfonamides is 1. The van der Waals surface area contributed by atoms with Crippen LogP contribution in [0.1, 0.15) is 6.42 Å². The normalized spacial score (nSPS) is 11.0. The molecule has 0 atom stereocenters. The van der Waals surface area contributed by atoms with E-state index in [1.165, 1.54) is 0 Å². The number of hydrogen-bond acceptors (Lipinski definition) is 5. The molecule has 0 fully saturated rings. The predicted molar refractivity (Wildman–Crippen MR) is 72.0 cm³/mol. The number of carbonyl (C=O) groups is 1. The lowest BCUT2D eigenvalue weighted by Crippen LogP contribution is -2.31. The number of ether oxygens (including phenoxy) is 1. The Morgan fingerprint density at radius 1 is 1.26 bits per heavy atom. The van der Waals surface area contributed by atoms with Crippen molar-refractivity contribution in [2.24, 2.45) is 5.14 Å². The van der Waals surface area contributed by atoms with Gasteiger partial charge >= 0.3 is 0 Å². The van der Waals surface area contributed by atoms with Crippen molar-refractivity contribution in [2.75, 3.05) is 24.6 Å². The van der Waals surface area contributed by atoms with Gasteiger partial charge in [0.15, 0.2) is 6.61 Å². The van der Waals surface area contributed by atoms with Crippen LogP contribution in [0.25, 0.3) is 0 Å². The molecule has 0 aromatic heterocycles. The van der Waals surface area contributed by atoms with E-state index in [1.807, 2.05) is 0 Å². The lowest BCUT2D eigenvalue weighted by molar-refractivity contribution is -0.123. The van der Waals surface area contributed by atoms with Crippen LogP contribution in [0.15, 0.2) is 24.3 Å². The second kappa shape index (κ2) is 6.95. The summed E-state index contributed by atoms with van der Waals surface area (Å²) in [4.78, 5) is 11.4. The van der Waals surface area contributed by atoms with Crippen LogP contribution in [0.2, 0.25) is 0 Å². The fraction of sp³-hybridized carbons (Fsp3) is 0.364. The zero-order valence-electron chi connectivity index (χ0n) is 10.3. The molecular formula is C11H17N3O4S. The van der Waals surface area contributed by atoms with Gasteiger partial charge in [-0.3, -0.25) is 4.79 Å². The summed E-state index contributed by atoms with van der Waals surface area (Å²) in [6, 6.07) is 6.64. The van der Waals surface area contributed by atoms with Crippen LogP contribution >= 0.6 is 0 Å². The van der Waals surface area contributed by atoms with Gasteiger partial charge in [0.25, 0.3) is 5.91 Å². The summed E-state index contributed by atoms with van der Waals surface area (Å²) in [6.45, 7) is 0.0969. The third kappa shape index (κ3) is 7.27. The number of rotatable bonds is 7. The van der Waals surface area contributed by atoms with Crippen LogP contribution in [0.3, 0.4) is 0 Å². The largest absolute Gasteiger partial charge is 0.484 e. The second-order valence-electron chi connectivity index (χ2n) is 3.93. The second-order valence-corrected chi connectivity index (χ2v) is 5.66. The van der Waals surface area contributed by atoms with Crippen LogP contribution in [-0.4, -0.2) is 33.2 Å². The zero-order valence-corrected chi connectivity index (χ0v) is 11.2. The lowest BCUT2D eigenvalue weighted by Gasteiger charge is -2.07. The standard InChI is InChI=1S/C11H17N3O4S/c12-9-2-4-10(5-3-9)18-8-11(15)14-6-1-7-19(13,16)17/h2-5H,1,6-8,12H2,(H,14,15)(H2,13,16,17). The number of nitrogens with two attached hydrogens (primary N) is 2. The molecule has 1 aromatic carbocycles. The highest BCUT2D eigenvalue weighted by Gasteiger charge is 2.05. The molecule has 0 saturated heterocycles. The number of amides is 1. The van der Waals surface area contributed by atoms with Gasteiger partial charge in [0.2, 0.25) is 10.0 Å². The molecule has 8 heteroatoms. The van der Waals surface area contributed by atoms with Crippen LogP contribution < -0.4 is 20.9 Å². The highest BCUT2D eigenvalue weighted by Crippen LogP contribution is 2.12. The molecule has 0 spiro atoms. The highest BCUT2D eigenvalue weighted by atomic mass is 32.2. The first-order valence-corrected chi connectivity index (χ1v) is 7.34. The van der Waals surface area contributed by atoms with Gasteiger partial charge in [0, 0.05) is 12.2 Å². The third-order valence-electron chi connectivity index (χ3n) is 2.18. The van der Waals surface area contributed by atoms with E-state index in [0.717, 1.165) is 0 Å². The van der Waals surface area contributed by atoms with E-state index in [0.29, 0.717) is 11.4 Å². The molecule has 0 saturated carbocycles. The summed E-state index contributed by atoms with van der Waals surface area (Å²) in [7, 11) is -3.48. The number of carbonyl (C=O) groups excluding carboxylic acids is 1. The highest BCUT2D eigenvalue weighted by molar-refractivity contribution is 7.89. The van der Waals surface area contributed by atoms with Crippen molar-refractivity contribution in [3.05, 3.63) is 24.3 Å². The Morgan fingerprint density at radius 2 is 1.89 bits per heavy atom. The molecular weight excluding hydrogens is 270 g/mol. The first-order valence-electron chi connectivity index (χ1n) is 5.62.